The number of carbonyl (C=O) groups excluding carboxylic acids is 2. The molecule has 1 aromatic heterocycles. The average Bonchev–Trinajstić information content (AvgIpc) is 2.56. The lowest BCUT2D eigenvalue weighted by Gasteiger charge is -2.16. The number of carbonyl (C=O) groups is 2. The number of hydrogen-bond donors (Lipinski definition) is 2. The third-order valence-corrected chi connectivity index (χ3v) is 3.41. The summed E-state index contributed by atoms with van der Waals surface area (Å²) in [7, 11) is 0. The maximum absolute atomic E-state index is 13.3. The summed E-state index contributed by atoms with van der Waals surface area (Å²) in [5.41, 5.74) is -3.11. The predicted octanol–water partition coefficient (Wildman–Crippen LogP) is 2.37. The van der Waals surface area contributed by atoms with E-state index in [-0.39, 0.29) is 5.69 Å². The molecule has 0 aliphatic carbocycles. The quantitative estimate of drug-likeness (QED) is 0.591. The largest absolute Gasteiger partial charge is 0.418 e. The van der Waals surface area contributed by atoms with Crippen molar-refractivity contribution in [3.05, 3.63) is 62.6 Å². The van der Waals surface area contributed by atoms with Crippen molar-refractivity contribution in [2.75, 3.05) is 10.6 Å². The van der Waals surface area contributed by atoms with Gasteiger partial charge in [0, 0.05) is 24.7 Å². The summed E-state index contributed by atoms with van der Waals surface area (Å²) >= 11 is 0. The fraction of sp³-hybridized carbons (Fsp3) is 0.188. The molecule has 0 atom stereocenters. The highest BCUT2D eigenvalue weighted by Crippen LogP contribution is 2.36. The van der Waals surface area contributed by atoms with Crippen molar-refractivity contribution in [2.24, 2.45) is 0 Å². The molecule has 0 aliphatic heterocycles. The molecule has 0 bridgehead atoms. The molecular weight excluding hydrogens is 385 g/mol. The number of anilines is 2. The normalized spacial score (nSPS) is 11.0. The number of pyridine rings is 1. The molecule has 12 heteroatoms. The third kappa shape index (κ3) is 5.16. The number of nitrogens with one attached hydrogen (secondary N) is 2. The molecule has 148 valence electrons. The fourth-order valence-corrected chi connectivity index (χ4v) is 2.26. The molecule has 0 radical (unpaired) electrons. The van der Waals surface area contributed by atoms with Gasteiger partial charge in [0.15, 0.2) is 0 Å². The van der Waals surface area contributed by atoms with Crippen molar-refractivity contribution in [3.8, 4) is 0 Å². The van der Waals surface area contributed by atoms with Crippen molar-refractivity contribution >= 4 is 28.9 Å². The molecule has 0 aliphatic rings. The van der Waals surface area contributed by atoms with Gasteiger partial charge >= 0.3 is 6.18 Å². The van der Waals surface area contributed by atoms with Gasteiger partial charge in [-0.15, -0.1) is 0 Å². The van der Waals surface area contributed by atoms with Crippen LogP contribution < -0.4 is 16.2 Å². The molecule has 2 aromatic rings. The van der Waals surface area contributed by atoms with Gasteiger partial charge in [-0.05, 0) is 18.2 Å². The Morgan fingerprint density at radius 3 is 2.43 bits per heavy atom. The van der Waals surface area contributed by atoms with E-state index in [4.69, 9.17) is 0 Å². The maximum atomic E-state index is 13.3. The van der Waals surface area contributed by atoms with E-state index in [9.17, 15) is 37.7 Å². The molecule has 2 N–H and O–H groups in total. The molecule has 1 aromatic carbocycles. The number of nitro groups is 1. The van der Waals surface area contributed by atoms with Crippen LogP contribution in [0.3, 0.4) is 0 Å². The Hall–Kier alpha value is -3.70. The summed E-state index contributed by atoms with van der Waals surface area (Å²) in [6, 6.07) is 4.57. The number of benzene rings is 1. The minimum atomic E-state index is -4.83. The maximum Gasteiger partial charge on any atom is 0.418 e. The lowest BCUT2D eigenvalue weighted by Crippen LogP contribution is -2.27. The first-order chi connectivity index (χ1) is 13.0. The van der Waals surface area contributed by atoms with E-state index in [2.05, 4.69) is 5.32 Å². The predicted molar refractivity (Wildman–Crippen MR) is 91.7 cm³/mol. The SMILES string of the molecule is CC(=O)Nc1ccc(NC(=O)Cn2cc([N+](=O)[O-])ccc2=O)c(C(F)(F)F)c1. The number of amides is 2. The number of aromatic nitrogens is 1. The van der Waals surface area contributed by atoms with Crippen LogP contribution in [-0.4, -0.2) is 21.3 Å². The van der Waals surface area contributed by atoms with Gasteiger partial charge in [-0.2, -0.15) is 13.2 Å². The van der Waals surface area contributed by atoms with Gasteiger partial charge in [0.25, 0.3) is 11.2 Å². The smallest absolute Gasteiger partial charge is 0.326 e. The van der Waals surface area contributed by atoms with Crippen molar-refractivity contribution in [3.63, 3.8) is 0 Å². The Bertz CT molecular complexity index is 1000. The molecule has 0 fully saturated rings. The topological polar surface area (TPSA) is 123 Å². The molecule has 2 rings (SSSR count). The van der Waals surface area contributed by atoms with Crippen LogP contribution in [0.25, 0.3) is 0 Å². The van der Waals surface area contributed by atoms with Crippen LogP contribution in [0, 0.1) is 10.1 Å². The number of nitrogens with zero attached hydrogens (tertiary/aromatic N) is 2. The molecule has 0 saturated heterocycles. The third-order valence-electron chi connectivity index (χ3n) is 3.41. The lowest BCUT2D eigenvalue weighted by molar-refractivity contribution is -0.385. The van der Waals surface area contributed by atoms with Gasteiger partial charge in [0.2, 0.25) is 11.8 Å². The number of halogens is 3. The molecular formula is C16H13F3N4O5. The van der Waals surface area contributed by atoms with Crippen molar-refractivity contribution in [1.29, 1.82) is 0 Å². The standard InChI is InChI=1S/C16H13F3N4O5/c1-9(24)20-10-2-4-13(12(6-10)16(17,18)19)21-14(25)8-22-7-11(23(27)28)3-5-15(22)26/h2-7H,8H2,1H3,(H,20,24)(H,21,25). The Morgan fingerprint density at radius 2 is 1.86 bits per heavy atom. The number of rotatable bonds is 5. The Morgan fingerprint density at radius 1 is 1.18 bits per heavy atom. The second kappa shape index (κ2) is 7.90. The monoisotopic (exact) mass is 398 g/mol. The highest BCUT2D eigenvalue weighted by molar-refractivity contribution is 5.93. The minimum Gasteiger partial charge on any atom is -0.326 e. The zero-order chi connectivity index (χ0) is 21.1. The van der Waals surface area contributed by atoms with Crippen LogP contribution in [0.2, 0.25) is 0 Å². The van der Waals surface area contributed by atoms with Crippen LogP contribution in [-0.2, 0) is 22.3 Å². The van der Waals surface area contributed by atoms with E-state index in [1.54, 1.807) is 0 Å². The highest BCUT2D eigenvalue weighted by Gasteiger charge is 2.34. The van der Waals surface area contributed by atoms with Crippen molar-refractivity contribution in [2.45, 2.75) is 19.6 Å². The first kappa shape index (κ1) is 20.6. The van der Waals surface area contributed by atoms with E-state index in [1.165, 1.54) is 0 Å². The molecule has 28 heavy (non-hydrogen) atoms. The van der Waals surface area contributed by atoms with Gasteiger partial charge in [0.1, 0.15) is 6.54 Å². The second-order valence-electron chi connectivity index (χ2n) is 5.60. The minimum absolute atomic E-state index is 0.118. The van der Waals surface area contributed by atoms with E-state index in [0.29, 0.717) is 10.6 Å². The van der Waals surface area contributed by atoms with Crippen LogP contribution in [0.4, 0.5) is 30.2 Å². The Balaban J connectivity index is 2.29. The Labute approximate surface area is 154 Å². The molecule has 0 saturated carbocycles. The number of hydrogen-bond acceptors (Lipinski definition) is 5. The van der Waals surface area contributed by atoms with Gasteiger partial charge in [0.05, 0.1) is 22.4 Å². The molecule has 0 spiro atoms. The Kier molecular flexibility index (Phi) is 5.81. The summed E-state index contributed by atoms with van der Waals surface area (Å²) < 4.78 is 40.5. The molecule has 1 heterocycles. The summed E-state index contributed by atoms with van der Waals surface area (Å²) in [5.74, 6) is -1.57. The fourth-order valence-electron chi connectivity index (χ4n) is 2.26. The van der Waals surface area contributed by atoms with Gasteiger partial charge in [-0.1, -0.05) is 0 Å². The molecule has 2 amide bonds. The molecule has 9 nitrogen and oxygen atoms in total. The number of alkyl halides is 3. The average molecular weight is 398 g/mol. The first-order valence-electron chi connectivity index (χ1n) is 7.61. The van der Waals surface area contributed by atoms with Crippen LogP contribution in [0.1, 0.15) is 12.5 Å². The van der Waals surface area contributed by atoms with Gasteiger partial charge < -0.3 is 10.6 Å². The summed E-state index contributed by atoms with van der Waals surface area (Å²) in [6.07, 6.45) is -4.02. The van der Waals surface area contributed by atoms with Crippen LogP contribution in [0.15, 0.2) is 41.3 Å². The lowest BCUT2D eigenvalue weighted by atomic mass is 10.1. The highest BCUT2D eigenvalue weighted by atomic mass is 19.4. The molecule has 0 unspecified atom stereocenters. The summed E-state index contributed by atoms with van der Waals surface area (Å²) in [6.45, 7) is 0.394. The van der Waals surface area contributed by atoms with Gasteiger partial charge in [-0.3, -0.25) is 29.1 Å². The van der Waals surface area contributed by atoms with Crippen molar-refractivity contribution < 1.29 is 27.7 Å². The van der Waals surface area contributed by atoms with E-state index >= 15 is 0 Å². The van der Waals surface area contributed by atoms with E-state index in [0.717, 1.165) is 37.4 Å². The zero-order valence-corrected chi connectivity index (χ0v) is 14.2. The van der Waals surface area contributed by atoms with E-state index in [1.807, 2.05) is 5.32 Å². The second-order valence-corrected chi connectivity index (χ2v) is 5.60. The van der Waals surface area contributed by atoms with Gasteiger partial charge in [-0.25, -0.2) is 0 Å². The first-order valence-corrected chi connectivity index (χ1v) is 7.61. The van der Waals surface area contributed by atoms with Crippen LogP contribution in [0.5, 0.6) is 0 Å². The van der Waals surface area contributed by atoms with E-state index < -0.39 is 52.0 Å². The summed E-state index contributed by atoms with van der Waals surface area (Å²) in [4.78, 5) is 44.7. The van der Waals surface area contributed by atoms with Crippen LogP contribution >= 0.6 is 0 Å². The summed E-state index contributed by atoms with van der Waals surface area (Å²) in [5, 5.41) is 15.0. The zero-order valence-electron chi connectivity index (χ0n) is 14.2. The van der Waals surface area contributed by atoms with Crippen molar-refractivity contribution in [1.82, 2.24) is 4.57 Å².